The predicted octanol–water partition coefficient (Wildman–Crippen LogP) is 2.29. The van der Waals surface area contributed by atoms with E-state index >= 15 is 0 Å². The number of nitrogens with zero attached hydrogens (tertiary/aromatic N) is 1. The molecule has 1 aliphatic rings. The Morgan fingerprint density at radius 3 is 2.92 bits per heavy atom. The average Bonchev–Trinajstić information content (AvgIpc) is 2.59. The Balaban J connectivity index is 2.20. The molecule has 130 valence electrons. The third kappa shape index (κ3) is 4.44. The topological polar surface area (TPSA) is 76.1 Å². The van der Waals surface area contributed by atoms with Crippen molar-refractivity contribution in [3.05, 3.63) is 36.4 Å². The molecule has 2 rings (SSSR count). The lowest BCUT2D eigenvalue weighted by Gasteiger charge is -2.34. The lowest BCUT2D eigenvalue weighted by molar-refractivity contribution is -0.138. The summed E-state index contributed by atoms with van der Waals surface area (Å²) in [5.74, 6) is 1.35. The molecule has 24 heavy (non-hydrogen) atoms. The maximum Gasteiger partial charge on any atom is 0.305 e. The Labute approximate surface area is 145 Å². The van der Waals surface area contributed by atoms with E-state index in [1.807, 2.05) is 0 Å². The molecule has 1 aromatic carbocycles. The standard InChI is InChI=1S/C17H21NO5S/c1-3-7-23-14-5-4-12(9-15(14)22-2)17(21)18-6-8-24-11-13(18)10-16(19)20/h3-5,9,13H,1,6-8,10-11H2,2H3,(H,19,20). The first-order valence-corrected chi connectivity index (χ1v) is 8.74. The van der Waals surface area contributed by atoms with Gasteiger partial charge in [0.15, 0.2) is 11.5 Å². The number of methoxy groups -OCH3 is 1. The molecule has 1 saturated heterocycles. The third-order valence-corrected chi connectivity index (χ3v) is 4.76. The van der Waals surface area contributed by atoms with Crippen LogP contribution in [0, 0.1) is 0 Å². The molecule has 1 atom stereocenters. The van der Waals surface area contributed by atoms with Gasteiger partial charge in [-0.25, -0.2) is 0 Å². The molecule has 0 saturated carbocycles. The number of hydrogen-bond donors (Lipinski definition) is 1. The van der Waals surface area contributed by atoms with Crippen LogP contribution in [0.2, 0.25) is 0 Å². The Bertz CT molecular complexity index is 619. The first kappa shape index (κ1) is 18.2. The van der Waals surface area contributed by atoms with E-state index in [0.717, 1.165) is 5.75 Å². The Morgan fingerprint density at radius 2 is 2.25 bits per heavy atom. The maximum absolute atomic E-state index is 12.8. The molecular weight excluding hydrogens is 330 g/mol. The summed E-state index contributed by atoms with van der Waals surface area (Å²) in [5, 5.41) is 9.05. The molecule has 1 aromatic rings. The number of benzene rings is 1. The van der Waals surface area contributed by atoms with Gasteiger partial charge in [-0.2, -0.15) is 11.8 Å². The molecule has 1 fully saturated rings. The lowest BCUT2D eigenvalue weighted by atomic mass is 10.1. The SMILES string of the molecule is C=CCOc1ccc(C(=O)N2CCSCC2CC(=O)O)cc1OC. The van der Waals surface area contributed by atoms with Crippen LogP contribution in [0.15, 0.2) is 30.9 Å². The van der Waals surface area contributed by atoms with Gasteiger partial charge in [0.1, 0.15) is 6.61 Å². The van der Waals surface area contributed by atoms with Crippen molar-refractivity contribution >= 4 is 23.6 Å². The van der Waals surface area contributed by atoms with E-state index in [2.05, 4.69) is 6.58 Å². The van der Waals surface area contributed by atoms with Crippen LogP contribution in [-0.4, -0.2) is 59.7 Å². The summed E-state index contributed by atoms with van der Waals surface area (Å²) in [5.41, 5.74) is 0.458. The summed E-state index contributed by atoms with van der Waals surface area (Å²) in [6.07, 6.45) is 1.58. The summed E-state index contributed by atoms with van der Waals surface area (Å²) in [7, 11) is 1.51. The number of amides is 1. The molecule has 1 heterocycles. The highest BCUT2D eigenvalue weighted by molar-refractivity contribution is 7.99. The predicted molar refractivity (Wildman–Crippen MR) is 93.1 cm³/mol. The van der Waals surface area contributed by atoms with Crippen LogP contribution in [0.5, 0.6) is 11.5 Å². The minimum Gasteiger partial charge on any atom is -0.493 e. The zero-order chi connectivity index (χ0) is 17.5. The fraction of sp³-hybridized carbons (Fsp3) is 0.412. The van der Waals surface area contributed by atoms with Crippen molar-refractivity contribution in [3.8, 4) is 11.5 Å². The van der Waals surface area contributed by atoms with E-state index in [0.29, 0.717) is 36.0 Å². The number of carbonyl (C=O) groups is 2. The zero-order valence-corrected chi connectivity index (χ0v) is 14.4. The van der Waals surface area contributed by atoms with E-state index in [9.17, 15) is 9.59 Å². The quantitative estimate of drug-likeness (QED) is 0.760. The van der Waals surface area contributed by atoms with Gasteiger partial charge in [-0.05, 0) is 18.2 Å². The van der Waals surface area contributed by atoms with Gasteiger partial charge < -0.3 is 19.5 Å². The Morgan fingerprint density at radius 1 is 1.46 bits per heavy atom. The number of thioether (sulfide) groups is 1. The van der Waals surface area contributed by atoms with Crippen molar-refractivity contribution in [2.75, 3.05) is 31.8 Å². The maximum atomic E-state index is 12.8. The molecule has 1 amide bonds. The highest BCUT2D eigenvalue weighted by Crippen LogP contribution is 2.30. The van der Waals surface area contributed by atoms with Crippen molar-refractivity contribution in [1.29, 1.82) is 0 Å². The molecule has 0 bridgehead atoms. The van der Waals surface area contributed by atoms with Crippen molar-refractivity contribution in [2.24, 2.45) is 0 Å². The average molecular weight is 351 g/mol. The van der Waals surface area contributed by atoms with Crippen molar-refractivity contribution in [3.63, 3.8) is 0 Å². The molecule has 6 nitrogen and oxygen atoms in total. The number of rotatable bonds is 7. The second-order valence-corrected chi connectivity index (χ2v) is 6.44. The van der Waals surface area contributed by atoms with Crippen LogP contribution < -0.4 is 9.47 Å². The van der Waals surface area contributed by atoms with Gasteiger partial charge in [-0.15, -0.1) is 0 Å². The molecule has 7 heteroatoms. The van der Waals surface area contributed by atoms with Gasteiger partial charge >= 0.3 is 5.97 Å². The highest BCUT2D eigenvalue weighted by Gasteiger charge is 2.29. The second-order valence-electron chi connectivity index (χ2n) is 5.29. The van der Waals surface area contributed by atoms with Crippen LogP contribution in [0.25, 0.3) is 0 Å². The molecular formula is C17H21NO5S. The third-order valence-electron chi connectivity index (χ3n) is 3.67. The monoisotopic (exact) mass is 351 g/mol. The Hall–Kier alpha value is -2.15. The minimum atomic E-state index is -0.897. The summed E-state index contributed by atoms with van der Waals surface area (Å²) in [4.78, 5) is 25.5. The molecule has 1 aliphatic heterocycles. The number of carboxylic acid groups (broad SMARTS) is 1. The summed E-state index contributed by atoms with van der Waals surface area (Å²) in [6.45, 7) is 4.47. The molecule has 0 aromatic heterocycles. The van der Waals surface area contributed by atoms with Crippen LogP contribution in [0.4, 0.5) is 0 Å². The minimum absolute atomic E-state index is 0.0452. The van der Waals surface area contributed by atoms with Gasteiger partial charge in [0.25, 0.3) is 5.91 Å². The smallest absolute Gasteiger partial charge is 0.305 e. The highest BCUT2D eigenvalue weighted by atomic mass is 32.2. The fourth-order valence-corrected chi connectivity index (χ4v) is 3.59. The van der Waals surface area contributed by atoms with Crippen LogP contribution >= 0.6 is 11.8 Å². The van der Waals surface area contributed by atoms with E-state index in [-0.39, 0.29) is 18.4 Å². The van der Waals surface area contributed by atoms with E-state index in [1.165, 1.54) is 7.11 Å². The van der Waals surface area contributed by atoms with Crippen molar-refractivity contribution in [1.82, 2.24) is 4.90 Å². The van der Waals surface area contributed by atoms with Crippen molar-refractivity contribution in [2.45, 2.75) is 12.5 Å². The van der Waals surface area contributed by atoms with E-state index in [4.69, 9.17) is 14.6 Å². The van der Waals surface area contributed by atoms with E-state index < -0.39 is 5.97 Å². The normalized spacial score (nSPS) is 17.2. The molecule has 0 aliphatic carbocycles. The Kier molecular flexibility index (Phi) is 6.54. The first-order chi connectivity index (χ1) is 11.6. The van der Waals surface area contributed by atoms with Gasteiger partial charge in [-0.3, -0.25) is 9.59 Å². The summed E-state index contributed by atoms with van der Waals surface area (Å²) in [6, 6.07) is 4.68. The number of carboxylic acids is 1. The number of ether oxygens (including phenoxy) is 2. The summed E-state index contributed by atoms with van der Waals surface area (Å²) < 4.78 is 10.8. The molecule has 0 radical (unpaired) electrons. The van der Waals surface area contributed by atoms with Crippen LogP contribution in [0.3, 0.4) is 0 Å². The number of carbonyl (C=O) groups excluding carboxylic acids is 1. The molecule has 1 N–H and O–H groups in total. The second kappa shape index (κ2) is 8.63. The largest absolute Gasteiger partial charge is 0.493 e. The van der Waals surface area contributed by atoms with Gasteiger partial charge in [0, 0.05) is 23.6 Å². The summed E-state index contributed by atoms with van der Waals surface area (Å²) >= 11 is 1.67. The van der Waals surface area contributed by atoms with Crippen LogP contribution in [0.1, 0.15) is 16.8 Å². The van der Waals surface area contributed by atoms with Gasteiger partial charge in [0.05, 0.1) is 19.6 Å². The first-order valence-electron chi connectivity index (χ1n) is 7.59. The zero-order valence-electron chi connectivity index (χ0n) is 13.6. The number of aliphatic carboxylic acids is 1. The van der Waals surface area contributed by atoms with Gasteiger partial charge in [0.2, 0.25) is 0 Å². The van der Waals surface area contributed by atoms with Crippen LogP contribution in [-0.2, 0) is 4.79 Å². The lowest BCUT2D eigenvalue weighted by Crippen LogP contribution is -2.47. The van der Waals surface area contributed by atoms with Crippen molar-refractivity contribution < 1.29 is 24.2 Å². The van der Waals surface area contributed by atoms with E-state index in [1.54, 1.807) is 40.9 Å². The molecule has 0 spiro atoms. The van der Waals surface area contributed by atoms with Gasteiger partial charge in [-0.1, -0.05) is 12.7 Å². The fourth-order valence-electron chi connectivity index (χ4n) is 2.53. The number of hydrogen-bond acceptors (Lipinski definition) is 5. The molecule has 1 unspecified atom stereocenters.